The predicted octanol–water partition coefficient (Wildman–Crippen LogP) is 4.79. The minimum absolute atomic E-state index is 0.105. The summed E-state index contributed by atoms with van der Waals surface area (Å²) in [7, 11) is 0. The van der Waals surface area contributed by atoms with Crippen molar-refractivity contribution in [3.63, 3.8) is 0 Å². The normalized spacial score (nSPS) is 11.0. The molecule has 0 radical (unpaired) electrons. The molecule has 1 aromatic heterocycles. The Labute approximate surface area is 169 Å². The quantitative estimate of drug-likeness (QED) is 0.473. The molecule has 6 nitrogen and oxygen atoms in total. The summed E-state index contributed by atoms with van der Waals surface area (Å²) < 4.78 is 0.823. The first kappa shape index (κ1) is 19.4. The lowest BCUT2D eigenvalue weighted by Crippen LogP contribution is -2.15. The van der Waals surface area contributed by atoms with E-state index in [1.807, 2.05) is 24.3 Å². The molecule has 0 atom stereocenters. The largest absolute Gasteiger partial charge is 0.507 e. The van der Waals surface area contributed by atoms with E-state index < -0.39 is 0 Å². The molecule has 0 aliphatic carbocycles. The highest BCUT2D eigenvalue weighted by Gasteiger charge is 2.13. The predicted molar refractivity (Wildman–Crippen MR) is 111 cm³/mol. The maximum absolute atomic E-state index is 12.3. The van der Waals surface area contributed by atoms with E-state index in [1.165, 1.54) is 11.8 Å². The van der Waals surface area contributed by atoms with Crippen LogP contribution in [-0.2, 0) is 4.79 Å². The number of thioether (sulfide) groups is 1. The van der Waals surface area contributed by atoms with E-state index in [1.54, 1.807) is 18.2 Å². The highest BCUT2D eigenvalue weighted by molar-refractivity contribution is 9.10. The molecule has 1 heterocycles. The zero-order valence-electron chi connectivity index (χ0n) is 14.9. The Balaban J connectivity index is 1.64. The number of H-pyrrole nitrogens is 1. The van der Waals surface area contributed by atoms with Crippen LogP contribution in [0.1, 0.15) is 25.3 Å². The number of nitrogens with one attached hydrogen (secondary N) is 2. The maximum Gasteiger partial charge on any atom is 0.234 e. The van der Waals surface area contributed by atoms with Crippen LogP contribution in [0.5, 0.6) is 5.75 Å². The van der Waals surface area contributed by atoms with Crippen molar-refractivity contribution >= 4 is 39.3 Å². The van der Waals surface area contributed by atoms with Gasteiger partial charge in [-0.2, -0.15) is 0 Å². The number of amides is 1. The zero-order valence-corrected chi connectivity index (χ0v) is 17.3. The van der Waals surface area contributed by atoms with Crippen molar-refractivity contribution in [2.45, 2.75) is 24.9 Å². The van der Waals surface area contributed by atoms with Gasteiger partial charge in [0.1, 0.15) is 5.75 Å². The summed E-state index contributed by atoms with van der Waals surface area (Å²) in [5, 5.41) is 20.3. The number of halogens is 1. The van der Waals surface area contributed by atoms with E-state index in [4.69, 9.17) is 0 Å². The van der Waals surface area contributed by atoms with Crippen molar-refractivity contribution in [3.8, 4) is 17.1 Å². The molecule has 3 rings (SSSR count). The average molecular weight is 447 g/mol. The van der Waals surface area contributed by atoms with Gasteiger partial charge >= 0.3 is 0 Å². The summed E-state index contributed by atoms with van der Waals surface area (Å²) in [5.74, 6) is 0.942. The zero-order chi connectivity index (χ0) is 19.4. The maximum atomic E-state index is 12.3. The highest BCUT2D eigenvalue weighted by Crippen LogP contribution is 2.30. The van der Waals surface area contributed by atoms with Crippen molar-refractivity contribution in [3.05, 3.63) is 52.5 Å². The first-order chi connectivity index (χ1) is 12.9. The van der Waals surface area contributed by atoms with Gasteiger partial charge in [-0.3, -0.25) is 9.89 Å². The molecule has 0 aliphatic heterocycles. The minimum Gasteiger partial charge on any atom is -0.507 e. The van der Waals surface area contributed by atoms with Crippen LogP contribution in [0, 0.1) is 0 Å². The van der Waals surface area contributed by atoms with Crippen LogP contribution in [0.2, 0.25) is 0 Å². The van der Waals surface area contributed by atoms with Gasteiger partial charge in [0.05, 0.1) is 11.3 Å². The number of aromatic amines is 1. The molecular weight excluding hydrogens is 428 g/mol. The van der Waals surface area contributed by atoms with Gasteiger partial charge in [0.2, 0.25) is 11.1 Å². The van der Waals surface area contributed by atoms with Gasteiger partial charge in [-0.25, -0.2) is 4.98 Å². The summed E-state index contributed by atoms with van der Waals surface area (Å²) in [6.07, 6.45) is 0. The molecule has 0 unspecified atom stereocenters. The number of benzene rings is 2. The number of carbonyl (C=O) groups is 1. The molecule has 8 heteroatoms. The lowest BCUT2D eigenvalue weighted by molar-refractivity contribution is -0.113. The first-order valence-corrected chi connectivity index (χ1v) is 10.1. The molecule has 0 saturated heterocycles. The molecule has 0 fully saturated rings. The van der Waals surface area contributed by atoms with E-state index >= 15 is 0 Å². The van der Waals surface area contributed by atoms with Crippen molar-refractivity contribution in [2.75, 3.05) is 11.1 Å². The number of aromatic nitrogens is 3. The van der Waals surface area contributed by atoms with E-state index in [9.17, 15) is 9.90 Å². The second-order valence-corrected chi connectivity index (χ2v) is 8.07. The molecule has 0 bridgehead atoms. The van der Waals surface area contributed by atoms with Gasteiger partial charge in [0, 0.05) is 10.2 Å². The summed E-state index contributed by atoms with van der Waals surface area (Å²) in [6, 6.07) is 12.9. The SMILES string of the molecule is CC(C)c1ccccc1NC(=O)CSc1n[nH]c(-c2cc(Br)ccc2O)n1. The molecule has 0 saturated carbocycles. The van der Waals surface area contributed by atoms with Crippen molar-refractivity contribution in [1.29, 1.82) is 0 Å². The van der Waals surface area contributed by atoms with Gasteiger partial charge in [0.15, 0.2) is 5.82 Å². The Hall–Kier alpha value is -2.32. The highest BCUT2D eigenvalue weighted by atomic mass is 79.9. The number of phenolic OH excluding ortho intramolecular Hbond substituents is 1. The van der Waals surface area contributed by atoms with Gasteiger partial charge in [-0.05, 0) is 35.7 Å². The van der Waals surface area contributed by atoms with Crippen LogP contribution in [0.3, 0.4) is 0 Å². The Kier molecular flexibility index (Phi) is 6.18. The number of anilines is 1. The molecule has 3 aromatic rings. The molecule has 140 valence electrons. The molecule has 0 spiro atoms. The Morgan fingerprint density at radius 3 is 2.85 bits per heavy atom. The third-order valence-electron chi connectivity index (χ3n) is 3.87. The molecule has 3 N–H and O–H groups in total. The lowest BCUT2D eigenvalue weighted by atomic mass is 10.0. The average Bonchev–Trinajstić information content (AvgIpc) is 3.11. The van der Waals surface area contributed by atoms with Gasteiger partial charge in [-0.15, -0.1) is 5.10 Å². The molecule has 0 aliphatic rings. The van der Waals surface area contributed by atoms with E-state index in [-0.39, 0.29) is 17.4 Å². The number of hydrogen-bond acceptors (Lipinski definition) is 5. The second-order valence-electron chi connectivity index (χ2n) is 6.21. The van der Waals surface area contributed by atoms with Crippen molar-refractivity contribution < 1.29 is 9.90 Å². The summed E-state index contributed by atoms with van der Waals surface area (Å²) >= 11 is 4.59. The number of nitrogens with zero attached hydrogens (tertiary/aromatic N) is 2. The van der Waals surface area contributed by atoms with Gasteiger partial charge in [-0.1, -0.05) is 59.7 Å². The standard InChI is InChI=1S/C19H19BrN4O2S/c1-11(2)13-5-3-4-6-15(13)21-17(26)10-27-19-22-18(23-24-19)14-9-12(20)7-8-16(14)25/h3-9,11,25H,10H2,1-2H3,(H,21,26)(H,22,23,24). The third kappa shape index (κ3) is 4.90. The fourth-order valence-corrected chi connectivity index (χ4v) is 3.52. The van der Waals surface area contributed by atoms with E-state index in [2.05, 4.69) is 50.3 Å². The molecular formula is C19H19BrN4O2S. The topological polar surface area (TPSA) is 90.9 Å². The summed E-state index contributed by atoms with van der Waals surface area (Å²) in [5.41, 5.74) is 2.47. The molecule has 1 amide bonds. The van der Waals surface area contributed by atoms with Crippen molar-refractivity contribution in [1.82, 2.24) is 15.2 Å². The molecule has 2 aromatic carbocycles. The number of phenols is 1. The number of aromatic hydroxyl groups is 1. The number of rotatable bonds is 6. The van der Waals surface area contributed by atoms with E-state index in [0.29, 0.717) is 22.5 Å². The number of carbonyl (C=O) groups excluding carboxylic acids is 1. The van der Waals surface area contributed by atoms with Crippen molar-refractivity contribution in [2.24, 2.45) is 0 Å². The fraction of sp³-hybridized carbons (Fsp3) is 0.211. The smallest absolute Gasteiger partial charge is 0.234 e. The first-order valence-electron chi connectivity index (χ1n) is 8.37. The second kappa shape index (κ2) is 8.58. The van der Waals surface area contributed by atoms with Gasteiger partial charge < -0.3 is 10.4 Å². The van der Waals surface area contributed by atoms with E-state index in [0.717, 1.165) is 15.7 Å². The Morgan fingerprint density at radius 2 is 2.07 bits per heavy atom. The fourth-order valence-electron chi connectivity index (χ4n) is 2.56. The van der Waals surface area contributed by atoms with Crippen LogP contribution < -0.4 is 5.32 Å². The number of hydrogen-bond donors (Lipinski definition) is 3. The number of para-hydroxylation sites is 1. The Bertz CT molecular complexity index is 958. The van der Waals surface area contributed by atoms with Gasteiger partial charge in [0.25, 0.3) is 0 Å². The van der Waals surface area contributed by atoms with Crippen LogP contribution in [0.15, 0.2) is 52.1 Å². The molecule has 27 heavy (non-hydrogen) atoms. The third-order valence-corrected chi connectivity index (χ3v) is 5.21. The monoisotopic (exact) mass is 446 g/mol. The minimum atomic E-state index is -0.121. The van der Waals surface area contributed by atoms with Crippen LogP contribution in [-0.4, -0.2) is 31.9 Å². The van der Waals surface area contributed by atoms with Crippen LogP contribution in [0.25, 0.3) is 11.4 Å². The summed E-state index contributed by atoms with van der Waals surface area (Å²) in [6.45, 7) is 4.18. The van der Waals surface area contributed by atoms with Crippen LogP contribution >= 0.6 is 27.7 Å². The summed E-state index contributed by atoms with van der Waals surface area (Å²) in [4.78, 5) is 16.6. The lowest BCUT2D eigenvalue weighted by Gasteiger charge is -2.13. The van der Waals surface area contributed by atoms with Crippen LogP contribution in [0.4, 0.5) is 5.69 Å². The Morgan fingerprint density at radius 1 is 1.30 bits per heavy atom.